The quantitative estimate of drug-likeness (QED) is 0.642. The highest BCUT2D eigenvalue weighted by molar-refractivity contribution is 5.82. The van der Waals surface area contributed by atoms with E-state index in [9.17, 15) is 9.59 Å². The molecule has 0 fully saturated rings. The van der Waals surface area contributed by atoms with Gasteiger partial charge in [-0.25, -0.2) is 9.59 Å². The summed E-state index contributed by atoms with van der Waals surface area (Å²) in [5.41, 5.74) is 0. The number of hydrogen-bond acceptors (Lipinski definition) is 2. The number of amides is 2. The molecule has 0 aromatic carbocycles. The number of carbonyl (C=O) groups excluding carboxylic acids is 1. The average Bonchev–Trinajstić information content (AvgIpc) is 2.28. The number of nitrogens with one attached hydrogen (secondary N) is 1. The van der Waals surface area contributed by atoms with Gasteiger partial charge in [-0.2, -0.15) is 0 Å². The van der Waals surface area contributed by atoms with Gasteiger partial charge in [-0.05, 0) is 12.8 Å². The molecule has 0 aliphatic rings. The van der Waals surface area contributed by atoms with Gasteiger partial charge in [0.1, 0.15) is 6.04 Å². The highest BCUT2D eigenvalue weighted by Crippen LogP contribution is 2.00. The highest BCUT2D eigenvalue weighted by Gasteiger charge is 2.20. The van der Waals surface area contributed by atoms with Gasteiger partial charge in [-0.15, -0.1) is 0 Å². The first kappa shape index (κ1) is 15.7. The third kappa shape index (κ3) is 6.81. The van der Waals surface area contributed by atoms with Crippen molar-refractivity contribution in [3.8, 4) is 0 Å². The number of rotatable bonds is 8. The first-order valence-electron chi connectivity index (χ1n) is 6.27. The van der Waals surface area contributed by atoms with Crippen LogP contribution in [0.2, 0.25) is 0 Å². The van der Waals surface area contributed by atoms with E-state index in [0.717, 1.165) is 25.7 Å². The Balaban J connectivity index is 4.06. The van der Waals surface area contributed by atoms with Gasteiger partial charge in [0.05, 0.1) is 0 Å². The van der Waals surface area contributed by atoms with Crippen LogP contribution in [0.25, 0.3) is 0 Å². The van der Waals surface area contributed by atoms with E-state index in [4.69, 9.17) is 5.11 Å². The maximum absolute atomic E-state index is 11.7. The number of carbonyl (C=O) groups is 2. The van der Waals surface area contributed by atoms with E-state index in [1.807, 2.05) is 6.92 Å². The molecule has 0 heterocycles. The van der Waals surface area contributed by atoms with E-state index in [0.29, 0.717) is 13.0 Å². The molecule has 0 rings (SSSR count). The van der Waals surface area contributed by atoms with Crippen molar-refractivity contribution in [3.63, 3.8) is 0 Å². The van der Waals surface area contributed by atoms with Gasteiger partial charge in [0.25, 0.3) is 0 Å². The molecule has 1 atom stereocenters. The zero-order valence-electron chi connectivity index (χ0n) is 11.0. The molecule has 0 bridgehead atoms. The van der Waals surface area contributed by atoms with Crippen LogP contribution in [0, 0.1) is 0 Å². The van der Waals surface area contributed by atoms with Gasteiger partial charge in [-0.3, -0.25) is 0 Å². The summed E-state index contributed by atoms with van der Waals surface area (Å²) in [5, 5.41) is 11.4. The Morgan fingerprint density at radius 1 is 1.24 bits per heavy atom. The maximum Gasteiger partial charge on any atom is 0.326 e. The standard InChI is InChI=1S/C12H24N2O3/c1-4-6-7-9-14(3)12(17)13-10(8-5-2)11(15)16/h10H,4-9H2,1-3H3,(H,13,17)(H,15,16)/t10-/m1/s1. The number of carboxylic acids is 1. The predicted octanol–water partition coefficient (Wildman–Crippen LogP) is 2.07. The van der Waals surface area contributed by atoms with Crippen molar-refractivity contribution in [2.75, 3.05) is 13.6 Å². The van der Waals surface area contributed by atoms with E-state index in [2.05, 4.69) is 12.2 Å². The summed E-state index contributed by atoms with van der Waals surface area (Å²) >= 11 is 0. The topological polar surface area (TPSA) is 69.6 Å². The smallest absolute Gasteiger partial charge is 0.326 e. The fourth-order valence-corrected chi connectivity index (χ4v) is 1.51. The van der Waals surface area contributed by atoms with Crippen LogP contribution in [-0.4, -0.2) is 41.6 Å². The van der Waals surface area contributed by atoms with Gasteiger partial charge in [0.15, 0.2) is 0 Å². The van der Waals surface area contributed by atoms with Crippen molar-refractivity contribution in [3.05, 3.63) is 0 Å². The van der Waals surface area contributed by atoms with Crippen LogP contribution in [0.3, 0.4) is 0 Å². The molecule has 5 heteroatoms. The summed E-state index contributed by atoms with van der Waals surface area (Å²) in [6.45, 7) is 4.66. The SMILES string of the molecule is CCCCCN(C)C(=O)N[C@H](CCC)C(=O)O. The minimum atomic E-state index is -0.970. The molecule has 5 nitrogen and oxygen atoms in total. The first-order chi connectivity index (χ1) is 8.02. The molecule has 17 heavy (non-hydrogen) atoms. The van der Waals surface area contributed by atoms with Gasteiger partial charge in [-0.1, -0.05) is 33.1 Å². The fraction of sp³-hybridized carbons (Fsp3) is 0.833. The van der Waals surface area contributed by atoms with E-state index in [1.165, 1.54) is 0 Å². The number of aliphatic carboxylic acids is 1. The van der Waals surface area contributed by atoms with E-state index >= 15 is 0 Å². The van der Waals surface area contributed by atoms with Crippen LogP contribution in [0.5, 0.6) is 0 Å². The summed E-state index contributed by atoms with van der Waals surface area (Å²) in [6, 6.07) is -1.08. The molecular formula is C12H24N2O3. The second kappa shape index (κ2) is 8.84. The summed E-state index contributed by atoms with van der Waals surface area (Å²) in [5.74, 6) is -0.970. The van der Waals surface area contributed by atoms with E-state index < -0.39 is 12.0 Å². The molecule has 0 unspecified atom stereocenters. The number of carboxylic acid groups (broad SMARTS) is 1. The van der Waals surface area contributed by atoms with E-state index in [1.54, 1.807) is 11.9 Å². The molecule has 0 aliphatic carbocycles. The molecule has 0 aromatic heterocycles. The number of unbranched alkanes of at least 4 members (excludes halogenated alkanes) is 2. The highest BCUT2D eigenvalue weighted by atomic mass is 16.4. The van der Waals surface area contributed by atoms with Gasteiger partial charge in [0, 0.05) is 13.6 Å². The number of urea groups is 1. The summed E-state index contributed by atoms with van der Waals surface area (Å²) < 4.78 is 0. The fourth-order valence-electron chi connectivity index (χ4n) is 1.51. The summed E-state index contributed by atoms with van der Waals surface area (Å²) in [4.78, 5) is 24.1. The molecule has 0 saturated heterocycles. The minimum absolute atomic E-state index is 0.304. The van der Waals surface area contributed by atoms with Crippen LogP contribution in [0.15, 0.2) is 0 Å². The third-order valence-corrected chi connectivity index (χ3v) is 2.62. The average molecular weight is 244 g/mol. The second-order valence-corrected chi connectivity index (χ2v) is 4.26. The Morgan fingerprint density at radius 3 is 2.35 bits per heavy atom. The number of nitrogens with zero attached hydrogens (tertiary/aromatic N) is 1. The van der Waals surface area contributed by atoms with Gasteiger partial charge >= 0.3 is 12.0 Å². The lowest BCUT2D eigenvalue weighted by Crippen LogP contribution is -2.46. The van der Waals surface area contributed by atoms with Crippen LogP contribution >= 0.6 is 0 Å². The summed E-state index contributed by atoms with van der Waals surface area (Å²) in [6.07, 6.45) is 4.32. The third-order valence-electron chi connectivity index (χ3n) is 2.62. The molecule has 0 aliphatic heterocycles. The zero-order valence-corrected chi connectivity index (χ0v) is 11.0. The number of hydrogen-bond donors (Lipinski definition) is 2. The van der Waals surface area contributed by atoms with Gasteiger partial charge in [0.2, 0.25) is 0 Å². The Hall–Kier alpha value is -1.26. The Labute approximate surface area is 103 Å². The molecule has 2 amide bonds. The predicted molar refractivity (Wildman–Crippen MR) is 67.0 cm³/mol. The van der Waals surface area contributed by atoms with Crippen LogP contribution in [0.1, 0.15) is 46.0 Å². The Bertz CT molecular complexity index is 244. The zero-order chi connectivity index (χ0) is 13.3. The van der Waals surface area contributed by atoms with Gasteiger partial charge < -0.3 is 15.3 Å². The van der Waals surface area contributed by atoms with Crippen molar-refractivity contribution in [2.24, 2.45) is 0 Å². The van der Waals surface area contributed by atoms with Crippen molar-refractivity contribution in [1.29, 1.82) is 0 Å². The Morgan fingerprint density at radius 2 is 1.88 bits per heavy atom. The maximum atomic E-state index is 11.7. The van der Waals surface area contributed by atoms with Crippen LogP contribution in [-0.2, 0) is 4.79 Å². The summed E-state index contributed by atoms with van der Waals surface area (Å²) in [7, 11) is 1.69. The van der Waals surface area contributed by atoms with Crippen molar-refractivity contribution in [1.82, 2.24) is 10.2 Å². The van der Waals surface area contributed by atoms with E-state index in [-0.39, 0.29) is 6.03 Å². The molecule has 0 aromatic rings. The minimum Gasteiger partial charge on any atom is -0.480 e. The molecule has 0 saturated carbocycles. The van der Waals surface area contributed by atoms with Crippen LogP contribution in [0.4, 0.5) is 4.79 Å². The monoisotopic (exact) mass is 244 g/mol. The van der Waals surface area contributed by atoms with Crippen molar-refractivity contribution >= 4 is 12.0 Å². The largest absolute Gasteiger partial charge is 0.480 e. The molecular weight excluding hydrogens is 220 g/mol. The molecule has 0 radical (unpaired) electrons. The molecule has 0 spiro atoms. The molecule has 100 valence electrons. The van der Waals surface area contributed by atoms with Crippen molar-refractivity contribution in [2.45, 2.75) is 52.0 Å². The van der Waals surface area contributed by atoms with Crippen molar-refractivity contribution < 1.29 is 14.7 Å². The molecule has 2 N–H and O–H groups in total. The second-order valence-electron chi connectivity index (χ2n) is 4.26. The lowest BCUT2D eigenvalue weighted by atomic mass is 10.2. The normalized spacial score (nSPS) is 11.9. The van der Waals surface area contributed by atoms with Crippen LogP contribution < -0.4 is 5.32 Å². The first-order valence-corrected chi connectivity index (χ1v) is 6.27. The lowest BCUT2D eigenvalue weighted by Gasteiger charge is -2.21. The Kier molecular flexibility index (Phi) is 8.19. The lowest BCUT2D eigenvalue weighted by molar-refractivity contribution is -0.139.